The molecule has 102 valence electrons. The molecule has 2 rings (SSSR count). The molecule has 0 aliphatic carbocycles. The highest BCUT2D eigenvalue weighted by Crippen LogP contribution is 2.18. The van der Waals surface area contributed by atoms with Crippen molar-refractivity contribution in [3.8, 4) is 0 Å². The monoisotopic (exact) mass is 261 g/mol. The number of hydrogen-bond donors (Lipinski definition) is 0. The zero-order valence-electron chi connectivity index (χ0n) is 11.6. The summed E-state index contributed by atoms with van der Waals surface area (Å²) in [5, 5.41) is 0. The Morgan fingerprint density at radius 3 is 2.37 bits per heavy atom. The van der Waals surface area contributed by atoms with Gasteiger partial charge in [-0.15, -0.1) is 0 Å². The molecule has 5 heteroatoms. The average molecular weight is 261 g/mol. The summed E-state index contributed by atoms with van der Waals surface area (Å²) in [6, 6.07) is 3.34. The molecule has 0 radical (unpaired) electrons. The Bertz CT molecular complexity index is 479. The molecule has 0 bridgehead atoms. The van der Waals surface area contributed by atoms with Crippen LogP contribution in [0.3, 0.4) is 0 Å². The number of hydrogen-bond acceptors (Lipinski definition) is 3. The Kier molecular flexibility index (Phi) is 3.55. The van der Waals surface area contributed by atoms with Gasteiger partial charge in [0.1, 0.15) is 6.54 Å². The molecule has 1 saturated heterocycles. The fourth-order valence-corrected chi connectivity index (χ4v) is 2.23. The minimum atomic E-state index is -0.192. The predicted octanol–water partition coefficient (Wildman–Crippen LogP) is 1.16. The first-order valence-corrected chi connectivity index (χ1v) is 6.39. The fraction of sp³-hybridized carbons (Fsp3) is 0.500. The van der Waals surface area contributed by atoms with Crippen molar-refractivity contribution in [3.63, 3.8) is 0 Å². The molecule has 0 unspecified atom stereocenters. The Labute approximate surface area is 113 Å². The highest BCUT2D eigenvalue weighted by molar-refractivity contribution is 5.97. The molecule has 2 heterocycles. The third kappa shape index (κ3) is 2.92. The summed E-state index contributed by atoms with van der Waals surface area (Å²) in [5.74, 6) is -0.106. The van der Waals surface area contributed by atoms with Gasteiger partial charge >= 0.3 is 0 Å². The standard InChI is InChI=1S/C14H19N3O2/c1-14(2,3)17-9-8-16(10-12(17)18)13(19)11-4-6-15-7-5-11/h4-7H,8-10H2,1-3H3. The van der Waals surface area contributed by atoms with Crippen LogP contribution in [0.2, 0.25) is 0 Å². The Hall–Kier alpha value is -1.91. The van der Waals surface area contributed by atoms with Crippen LogP contribution in [0.25, 0.3) is 0 Å². The lowest BCUT2D eigenvalue weighted by atomic mass is 10.0. The zero-order chi connectivity index (χ0) is 14.0. The fourth-order valence-electron chi connectivity index (χ4n) is 2.23. The molecule has 0 atom stereocenters. The first-order valence-electron chi connectivity index (χ1n) is 6.39. The number of piperazine rings is 1. The summed E-state index contributed by atoms with van der Waals surface area (Å²) in [5.41, 5.74) is 0.384. The summed E-state index contributed by atoms with van der Waals surface area (Å²) in [4.78, 5) is 31.6. The number of aromatic nitrogens is 1. The largest absolute Gasteiger partial charge is 0.335 e. The number of carbonyl (C=O) groups excluding carboxylic acids is 2. The topological polar surface area (TPSA) is 53.5 Å². The van der Waals surface area contributed by atoms with Crippen molar-refractivity contribution in [1.29, 1.82) is 0 Å². The van der Waals surface area contributed by atoms with E-state index in [1.807, 2.05) is 25.7 Å². The molecular formula is C14H19N3O2. The molecule has 0 aromatic carbocycles. The Balaban J connectivity index is 2.07. The van der Waals surface area contributed by atoms with Gasteiger partial charge in [-0.05, 0) is 32.9 Å². The van der Waals surface area contributed by atoms with E-state index in [1.54, 1.807) is 29.4 Å². The van der Waals surface area contributed by atoms with E-state index in [9.17, 15) is 9.59 Å². The Morgan fingerprint density at radius 1 is 1.21 bits per heavy atom. The third-order valence-corrected chi connectivity index (χ3v) is 3.24. The molecule has 1 aliphatic heterocycles. The van der Waals surface area contributed by atoms with Crippen molar-refractivity contribution in [2.45, 2.75) is 26.3 Å². The molecule has 2 amide bonds. The van der Waals surface area contributed by atoms with Crippen molar-refractivity contribution in [1.82, 2.24) is 14.8 Å². The van der Waals surface area contributed by atoms with Gasteiger partial charge in [-0.25, -0.2) is 0 Å². The van der Waals surface area contributed by atoms with E-state index < -0.39 is 0 Å². The van der Waals surface area contributed by atoms with Crippen LogP contribution < -0.4 is 0 Å². The van der Waals surface area contributed by atoms with Gasteiger partial charge in [0.25, 0.3) is 5.91 Å². The van der Waals surface area contributed by atoms with Gasteiger partial charge in [-0.1, -0.05) is 0 Å². The number of amides is 2. The summed E-state index contributed by atoms with van der Waals surface area (Å²) in [6.45, 7) is 7.32. The average Bonchev–Trinajstić information content (AvgIpc) is 2.37. The third-order valence-electron chi connectivity index (χ3n) is 3.24. The summed E-state index contributed by atoms with van der Waals surface area (Å²) < 4.78 is 0. The molecule has 0 saturated carbocycles. The summed E-state index contributed by atoms with van der Waals surface area (Å²) in [7, 11) is 0. The lowest BCUT2D eigenvalue weighted by molar-refractivity contribution is -0.140. The van der Waals surface area contributed by atoms with E-state index in [0.29, 0.717) is 18.7 Å². The first kappa shape index (κ1) is 13.5. The normalized spacial score (nSPS) is 16.7. The first-order chi connectivity index (χ1) is 8.89. The lowest BCUT2D eigenvalue weighted by Gasteiger charge is -2.42. The van der Waals surface area contributed by atoms with Gasteiger partial charge in [0.2, 0.25) is 5.91 Å². The van der Waals surface area contributed by atoms with Gasteiger partial charge < -0.3 is 9.80 Å². The van der Waals surface area contributed by atoms with E-state index >= 15 is 0 Å². The summed E-state index contributed by atoms with van der Waals surface area (Å²) >= 11 is 0. The van der Waals surface area contributed by atoms with Crippen LogP contribution in [-0.2, 0) is 4.79 Å². The van der Waals surface area contributed by atoms with Gasteiger partial charge in [0.15, 0.2) is 0 Å². The smallest absolute Gasteiger partial charge is 0.254 e. The number of carbonyl (C=O) groups is 2. The minimum absolute atomic E-state index is 0.00107. The Morgan fingerprint density at radius 2 is 1.84 bits per heavy atom. The number of nitrogens with zero attached hydrogens (tertiary/aromatic N) is 3. The molecule has 1 aromatic rings. The van der Waals surface area contributed by atoms with Crippen LogP contribution in [0.4, 0.5) is 0 Å². The zero-order valence-corrected chi connectivity index (χ0v) is 11.6. The molecule has 1 aromatic heterocycles. The van der Waals surface area contributed by atoms with E-state index in [2.05, 4.69) is 4.98 Å². The molecule has 0 spiro atoms. The molecule has 1 aliphatic rings. The molecule has 1 fully saturated rings. The molecule has 5 nitrogen and oxygen atoms in total. The second-order valence-electron chi connectivity index (χ2n) is 5.68. The second-order valence-corrected chi connectivity index (χ2v) is 5.68. The van der Waals surface area contributed by atoms with Crippen LogP contribution in [0.15, 0.2) is 24.5 Å². The van der Waals surface area contributed by atoms with Crippen molar-refractivity contribution >= 4 is 11.8 Å². The maximum Gasteiger partial charge on any atom is 0.254 e. The molecular weight excluding hydrogens is 242 g/mol. The molecule has 19 heavy (non-hydrogen) atoms. The maximum atomic E-state index is 12.2. The predicted molar refractivity (Wildman–Crippen MR) is 71.6 cm³/mol. The van der Waals surface area contributed by atoms with E-state index in [-0.39, 0.29) is 23.9 Å². The molecule has 0 N–H and O–H groups in total. The van der Waals surface area contributed by atoms with Crippen molar-refractivity contribution in [2.75, 3.05) is 19.6 Å². The maximum absolute atomic E-state index is 12.2. The van der Waals surface area contributed by atoms with Crippen molar-refractivity contribution in [2.24, 2.45) is 0 Å². The van der Waals surface area contributed by atoms with Crippen LogP contribution in [0.1, 0.15) is 31.1 Å². The quantitative estimate of drug-likeness (QED) is 0.762. The van der Waals surface area contributed by atoms with Gasteiger partial charge in [-0.2, -0.15) is 0 Å². The SMILES string of the molecule is CC(C)(C)N1CCN(C(=O)c2ccncc2)CC1=O. The number of pyridine rings is 1. The van der Waals surface area contributed by atoms with Crippen LogP contribution in [0, 0.1) is 0 Å². The van der Waals surface area contributed by atoms with E-state index in [4.69, 9.17) is 0 Å². The highest BCUT2D eigenvalue weighted by Gasteiger charge is 2.33. The minimum Gasteiger partial charge on any atom is -0.335 e. The van der Waals surface area contributed by atoms with Crippen molar-refractivity contribution < 1.29 is 9.59 Å². The van der Waals surface area contributed by atoms with E-state index in [1.165, 1.54) is 0 Å². The van der Waals surface area contributed by atoms with Crippen molar-refractivity contribution in [3.05, 3.63) is 30.1 Å². The second kappa shape index (κ2) is 4.99. The van der Waals surface area contributed by atoms with Gasteiger partial charge in [0, 0.05) is 36.6 Å². The van der Waals surface area contributed by atoms with Crippen LogP contribution in [-0.4, -0.2) is 51.8 Å². The summed E-state index contributed by atoms with van der Waals surface area (Å²) in [6.07, 6.45) is 3.17. The van der Waals surface area contributed by atoms with Crippen LogP contribution >= 0.6 is 0 Å². The lowest BCUT2D eigenvalue weighted by Crippen LogP contribution is -2.58. The van der Waals surface area contributed by atoms with Gasteiger partial charge in [-0.3, -0.25) is 14.6 Å². The van der Waals surface area contributed by atoms with Gasteiger partial charge in [0.05, 0.1) is 0 Å². The van der Waals surface area contributed by atoms with Crippen LogP contribution in [0.5, 0.6) is 0 Å². The number of rotatable bonds is 1. The highest BCUT2D eigenvalue weighted by atomic mass is 16.2. The van der Waals surface area contributed by atoms with E-state index in [0.717, 1.165) is 0 Å².